The summed E-state index contributed by atoms with van der Waals surface area (Å²) >= 11 is 0. The second-order valence-corrected chi connectivity index (χ2v) is 7.29. The molecule has 29 heavy (non-hydrogen) atoms. The maximum absolute atomic E-state index is 13.2. The number of carbonyl (C=O) groups excluding carboxylic acids is 1. The normalized spacial score (nSPS) is 15.8. The summed E-state index contributed by atoms with van der Waals surface area (Å²) in [6.45, 7) is 6.82. The minimum absolute atomic E-state index is 0.0837. The summed E-state index contributed by atoms with van der Waals surface area (Å²) in [5.41, 5.74) is 3.65. The Morgan fingerprint density at radius 2 is 1.83 bits per heavy atom. The van der Waals surface area contributed by atoms with Crippen LogP contribution in [0.25, 0.3) is 17.2 Å². The van der Waals surface area contributed by atoms with Crippen LogP contribution in [0.4, 0.5) is 0 Å². The first-order valence-electron chi connectivity index (χ1n) is 10.2. The molecule has 0 aliphatic carbocycles. The fraction of sp³-hybridized carbons (Fsp3) is 0.292. The van der Waals surface area contributed by atoms with Crippen molar-refractivity contribution in [2.24, 2.45) is 0 Å². The molecule has 1 aliphatic heterocycles. The Morgan fingerprint density at radius 3 is 2.59 bits per heavy atom. The van der Waals surface area contributed by atoms with Crippen LogP contribution >= 0.6 is 0 Å². The van der Waals surface area contributed by atoms with Gasteiger partial charge in [0.05, 0.1) is 11.8 Å². The molecule has 0 N–H and O–H groups in total. The zero-order valence-electron chi connectivity index (χ0n) is 16.8. The Hall–Kier alpha value is -3.05. The number of piperazine rings is 1. The summed E-state index contributed by atoms with van der Waals surface area (Å²) in [5, 5.41) is 0. The van der Waals surface area contributed by atoms with Crippen molar-refractivity contribution in [3.63, 3.8) is 0 Å². The summed E-state index contributed by atoms with van der Waals surface area (Å²) in [6, 6.07) is 14.1. The maximum atomic E-state index is 13.2. The first-order valence-corrected chi connectivity index (χ1v) is 10.2. The fourth-order valence-electron chi connectivity index (χ4n) is 3.76. The molecule has 0 spiro atoms. The van der Waals surface area contributed by atoms with Gasteiger partial charge in [0.2, 0.25) is 0 Å². The van der Waals surface area contributed by atoms with E-state index in [-0.39, 0.29) is 5.91 Å². The maximum Gasteiger partial charge on any atom is 0.270 e. The molecular formula is C24H27N3O2. The second kappa shape index (κ2) is 8.97. The number of hydrogen-bond donors (Lipinski definition) is 0. The number of fused-ring (bicyclic) bond motifs is 1. The van der Waals surface area contributed by atoms with Crippen LogP contribution in [0.2, 0.25) is 0 Å². The Bertz CT molecular complexity index is 1010. The quantitative estimate of drug-likeness (QED) is 0.591. The Balaban J connectivity index is 1.37. The average molecular weight is 389 g/mol. The third-order valence-corrected chi connectivity index (χ3v) is 5.40. The minimum Gasteiger partial charge on any atom is -0.463 e. The topological polar surface area (TPSA) is 41.6 Å². The summed E-state index contributed by atoms with van der Waals surface area (Å²) in [4.78, 5) is 17.5. The molecule has 4 rings (SSSR count). The Labute approximate surface area is 171 Å². The third kappa shape index (κ3) is 4.35. The van der Waals surface area contributed by atoms with Crippen molar-refractivity contribution in [3.05, 3.63) is 78.2 Å². The lowest BCUT2D eigenvalue weighted by molar-refractivity contribution is 0.0640. The van der Waals surface area contributed by atoms with E-state index in [4.69, 9.17) is 4.42 Å². The first kappa shape index (κ1) is 19.3. The summed E-state index contributed by atoms with van der Waals surface area (Å²) in [7, 11) is 0. The van der Waals surface area contributed by atoms with Crippen molar-refractivity contribution in [2.75, 3.05) is 32.7 Å². The highest BCUT2D eigenvalue weighted by Crippen LogP contribution is 2.23. The van der Waals surface area contributed by atoms with Gasteiger partial charge in [-0.3, -0.25) is 9.69 Å². The van der Waals surface area contributed by atoms with Gasteiger partial charge in [-0.15, -0.1) is 0 Å². The molecule has 1 saturated heterocycles. The number of furan rings is 1. The number of rotatable bonds is 6. The van der Waals surface area contributed by atoms with Crippen molar-refractivity contribution < 1.29 is 9.21 Å². The van der Waals surface area contributed by atoms with Crippen LogP contribution in [0.5, 0.6) is 0 Å². The van der Waals surface area contributed by atoms with Crippen molar-refractivity contribution in [1.82, 2.24) is 14.4 Å². The Kier molecular flexibility index (Phi) is 5.96. The summed E-state index contributed by atoms with van der Waals surface area (Å²) in [6.07, 6.45) is 10.1. The van der Waals surface area contributed by atoms with E-state index in [1.165, 1.54) is 5.56 Å². The molecule has 0 radical (unpaired) electrons. The van der Waals surface area contributed by atoms with Gasteiger partial charge in [-0.2, -0.15) is 0 Å². The standard InChI is InChI=1S/C24H27N3O2/c1-2-3-13-27-21-11-18-29-23(21)19-22(27)24(28)26-16-14-25(15-17-26)12-7-10-20-8-5-4-6-9-20/h2-11,18-19H,12-17H2,1H3/b3-2-,10-7+. The van der Waals surface area contributed by atoms with Crippen LogP contribution in [0.15, 0.2) is 71.4 Å². The van der Waals surface area contributed by atoms with Crippen molar-refractivity contribution >= 4 is 23.1 Å². The Morgan fingerprint density at radius 1 is 1.03 bits per heavy atom. The second-order valence-electron chi connectivity index (χ2n) is 7.29. The molecule has 0 bridgehead atoms. The number of benzene rings is 1. The van der Waals surface area contributed by atoms with Gasteiger partial charge >= 0.3 is 0 Å². The van der Waals surface area contributed by atoms with Gasteiger partial charge in [0.1, 0.15) is 5.69 Å². The van der Waals surface area contributed by atoms with E-state index < -0.39 is 0 Å². The van der Waals surface area contributed by atoms with Crippen LogP contribution in [0, 0.1) is 0 Å². The lowest BCUT2D eigenvalue weighted by Crippen LogP contribution is -2.49. The molecule has 1 fully saturated rings. The zero-order valence-corrected chi connectivity index (χ0v) is 16.8. The SMILES string of the molecule is C/C=C\Cn1c(C(=O)N2CCN(C/C=C/c3ccccc3)CC2)cc2occc21. The lowest BCUT2D eigenvalue weighted by Gasteiger charge is -2.34. The van der Waals surface area contributed by atoms with Crippen molar-refractivity contribution in [3.8, 4) is 0 Å². The molecule has 1 aliphatic rings. The van der Waals surface area contributed by atoms with E-state index in [1.54, 1.807) is 6.26 Å². The smallest absolute Gasteiger partial charge is 0.270 e. The van der Waals surface area contributed by atoms with E-state index in [2.05, 4.69) is 35.3 Å². The van der Waals surface area contributed by atoms with Gasteiger partial charge in [-0.25, -0.2) is 0 Å². The number of aromatic nitrogens is 1. The third-order valence-electron chi connectivity index (χ3n) is 5.40. The largest absolute Gasteiger partial charge is 0.463 e. The van der Waals surface area contributed by atoms with E-state index in [1.807, 2.05) is 52.8 Å². The summed E-state index contributed by atoms with van der Waals surface area (Å²) < 4.78 is 7.56. The van der Waals surface area contributed by atoms with E-state index in [0.717, 1.165) is 43.8 Å². The highest BCUT2D eigenvalue weighted by Gasteiger charge is 2.25. The summed E-state index contributed by atoms with van der Waals surface area (Å²) in [5.74, 6) is 0.0837. The van der Waals surface area contributed by atoms with Crippen LogP contribution in [0.1, 0.15) is 23.0 Å². The van der Waals surface area contributed by atoms with E-state index in [9.17, 15) is 4.79 Å². The molecule has 1 amide bonds. The highest BCUT2D eigenvalue weighted by molar-refractivity contribution is 5.97. The lowest BCUT2D eigenvalue weighted by atomic mass is 10.2. The first-order chi connectivity index (χ1) is 14.3. The molecule has 2 aromatic heterocycles. The molecule has 5 heteroatoms. The molecule has 0 unspecified atom stereocenters. The van der Waals surface area contributed by atoms with E-state index >= 15 is 0 Å². The molecule has 1 aromatic carbocycles. The van der Waals surface area contributed by atoms with Gasteiger partial charge in [0.25, 0.3) is 5.91 Å². The van der Waals surface area contributed by atoms with E-state index in [0.29, 0.717) is 12.2 Å². The minimum atomic E-state index is 0.0837. The van der Waals surface area contributed by atoms with Crippen LogP contribution in [-0.2, 0) is 6.54 Å². The molecule has 0 saturated carbocycles. The molecular weight excluding hydrogens is 362 g/mol. The predicted octanol–water partition coefficient (Wildman–Crippen LogP) is 4.28. The zero-order chi connectivity index (χ0) is 20.1. The number of hydrogen-bond acceptors (Lipinski definition) is 3. The van der Waals surface area contributed by atoms with Gasteiger partial charge < -0.3 is 13.9 Å². The van der Waals surface area contributed by atoms with Gasteiger partial charge in [-0.1, -0.05) is 54.6 Å². The highest BCUT2D eigenvalue weighted by atomic mass is 16.3. The molecule has 5 nitrogen and oxygen atoms in total. The van der Waals surface area contributed by atoms with Gasteiger partial charge in [0.15, 0.2) is 5.58 Å². The van der Waals surface area contributed by atoms with Crippen LogP contribution < -0.4 is 0 Å². The molecule has 3 heterocycles. The average Bonchev–Trinajstić information content (AvgIpc) is 3.35. The number of allylic oxidation sites excluding steroid dienone is 2. The van der Waals surface area contributed by atoms with Crippen LogP contribution in [0.3, 0.4) is 0 Å². The van der Waals surface area contributed by atoms with Gasteiger partial charge in [0, 0.05) is 51.4 Å². The number of carbonyl (C=O) groups is 1. The molecule has 150 valence electrons. The molecule has 0 atom stereocenters. The predicted molar refractivity (Wildman–Crippen MR) is 117 cm³/mol. The molecule has 3 aromatic rings. The fourth-order valence-corrected chi connectivity index (χ4v) is 3.76. The number of amides is 1. The monoisotopic (exact) mass is 389 g/mol. The van der Waals surface area contributed by atoms with Crippen molar-refractivity contribution in [1.29, 1.82) is 0 Å². The van der Waals surface area contributed by atoms with Crippen molar-refractivity contribution in [2.45, 2.75) is 13.5 Å². The van der Waals surface area contributed by atoms with Crippen LogP contribution in [-0.4, -0.2) is 53.0 Å². The van der Waals surface area contributed by atoms with Gasteiger partial charge in [-0.05, 0) is 12.5 Å². The number of nitrogens with zero attached hydrogens (tertiary/aromatic N) is 3.